The fourth-order valence-electron chi connectivity index (χ4n) is 1.88. The molecule has 0 atom stereocenters. The Morgan fingerprint density at radius 1 is 1.20 bits per heavy atom. The van der Waals surface area contributed by atoms with Crippen molar-refractivity contribution in [3.8, 4) is 11.3 Å². The lowest BCUT2D eigenvalue weighted by atomic mass is 10.1. The van der Waals surface area contributed by atoms with Crippen LogP contribution in [0, 0.1) is 6.92 Å². The first-order chi connectivity index (χ1) is 9.72. The quantitative estimate of drug-likeness (QED) is 0.876. The van der Waals surface area contributed by atoms with Gasteiger partial charge in [0, 0.05) is 36.7 Å². The highest BCUT2D eigenvalue weighted by molar-refractivity contribution is 5.62. The molecule has 2 heterocycles. The molecule has 5 nitrogen and oxygen atoms in total. The van der Waals surface area contributed by atoms with Crippen LogP contribution in [0.15, 0.2) is 24.4 Å². The summed E-state index contributed by atoms with van der Waals surface area (Å²) >= 11 is 0. The van der Waals surface area contributed by atoms with Crippen molar-refractivity contribution in [3.05, 3.63) is 35.9 Å². The lowest BCUT2D eigenvalue weighted by molar-refractivity contribution is 0.128. The number of ether oxygens (including phenoxy) is 1. The molecule has 106 valence electrons. The molecule has 0 aliphatic heterocycles. The van der Waals surface area contributed by atoms with Gasteiger partial charge in [-0.15, -0.1) is 0 Å². The van der Waals surface area contributed by atoms with Crippen LogP contribution < -0.4 is 5.32 Å². The third-order valence-corrected chi connectivity index (χ3v) is 2.76. The van der Waals surface area contributed by atoms with Crippen molar-refractivity contribution in [3.63, 3.8) is 0 Å². The van der Waals surface area contributed by atoms with E-state index in [1.807, 2.05) is 39.0 Å². The van der Waals surface area contributed by atoms with Crippen LogP contribution in [-0.2, 0) is 11.3 Å². The molecule has 0 saturated heterocycles. The van der Waals surface area contributed by atoms with Gasteiger partial charge in [-0.05, 0) is 32.9 Å². The summed E-state index contributed by atoms with van der Waals surface area (Å²) in [5.41, 5.74) is 2.89. The Bertz CT molecular complexity index is 572. The van der Waals surface area contributed by atoms with Gasteiger partial charge in [0.25, 0.3) is 0 Å². The highest BCUT2D eigenvalue weighted by Crippen LogP contribution is 2.20. The van der Waals surface area contributed by atoms with Crippen LogP contribution in [0.3, 0.4) is 0 Å². The minimum Gasteiger partial charge on any atom is -0.374 e. The van der Waals surface area contributed by atoms with Gasteiger partial charge < -0.3 is 10.1 Å². The first kappa shape index (κ1) is 14.4. The third kappa shape index (κ3) is 3.74. The van der Waals surface area contributed by atoms with E-state index in [0.29, 0.717) is 19.0 Å². The Morgan fingerprint density at radius 2 is 2.05 bits per heavy atom. The maximum absolute atomic E-state index is 5.40. The van der Waals surface area contributed by atoms with Crippen LogP contribution in [0.25, 0.3) is 11.3 Å². The fraction of sp³-hybridized carbons (Fsp3) is 0.400. The molecule has 20 heavy (non-hydrogen) atoms. The number of pyridine rings is 1. The molecule has 0 bridgehead atoms. The largest absolute Gasteiger partial charge is 0.374 e. The zero-order valence-corrected chi connectivity index (χ0v) is 12.2. The van der Waals surface area contributed by atoms with Crippen molar-refractivity contribution >= 4 is 5.82 Å². The molecular formula is C15H20N4O. The fourth-order valence-corrected chi connectivity index (χ4v) is 1.88. The van der Waals surface area contributed by atoms with Crippen LogP contribution in [0.4, 0.5) is 5.82 Å². The molecule has 2 aromatic heterocycles. The van der Waals surface area contributed by atoms with E-state index in [0.717, 1.165) is 29.3 Å². The minimum atomic E-state index is 0.423. The summed E-state index contributed by atoms with van der Waals surface area (Å²) in [5, 5.41) is 3.23. The van der Waals surface area contributed by atoms with Crippen molar-refractivity contribution in [2.75, 3.05) is 18.5 Å². The molecule has 0 aromatic carbocycles. The smallest absolute Gasteiger partial charge is 0.157 e. The zero-order chi connectivity index (χ0) is 14.4. The molecule has 5 heteroatoms. The van der Waals surface area contributed by atoms with E-state index < -0.39 is 0 Å². The van der Waals surface area contributed by atoms with Crippen molar-refractivity contribution in [1.82, 2.24) is 15.0 Å². The number of hydrogen-bond donors (Lipinski definition) is 1. The summed E-state index contributed by atoms with van der Waals surface area (Å²) in [7, 11) is 0. The first-order valence-corrected chi connectivity index (χ1v) is 6.85. The van der Waals surface area contributed by atoms with Gasteiger partial charge in [-0.2, -0.15) is 0 Å². The topological polar surface area (TPSA) is 59.9 Å². The summed E-state index contributed by atoms with van der Waals surface area (Å²) in [6, 6.07) is 5.92. The van der Waals surface area contributed by atoms with Crippen LogP contribution in [-0.4, -0.2) is 28.1 Å². The molecular weight excluding hydrogens is 252 g/mol. The minimum absolute atomic E-state index is 0.423. The van der Waals surface area contributed by atoms with E-state index in [1.54, 1.807) is 6.20 Å². The Hall–Kier alpha value is -2.01. The van der Waals surface area contributed by atoms with Crippen molar-refractivity contribution in [2.24, 2.45) is 0 Å². The molecule has 0 spiro atoms. The van der Waals surface area contributed by atoms with Gasteiger partial charge in [-0.3, -0.25) is 4.98 Å². The SMILES string of the molecule is CCNc1cc(-c2ccnc(C)c2)nc(COCC)n1. The average molecular weight is 272 g/mol. The monoisotopic (exact) mass is 272 g/mol. The molecule has 2 aromatic rings. The number of aromatic nitrogens is 3. The normalized spacial score (nSPS) is 10.6. The van der Waals surface area contributed by atoms with Gasteiger partial charge in [-0.25, -0.2) is 9.97 Å². The molecule has 2 rings (SSSR count). The van der Waals surface area contributed by atoms with E-state index in [9.17, 15) is 0 Å². The van der Waals surface area contributed by atoms with Crippen molar-refractivity contribution in [1.29, 1.82) is 0 Å². The van der Waals surface area contributed by atoms with Gasteiger partial charge in [0.05, 0.1) is 5.69 Å². The van der Waals surface area contributed by atoms with Gasteiger partial charge in [0.15, 0.2) is 5.82 Å². The van der Waals surface area contributed by atoms with Crippen molar-refractivity contribution < 1.29 is 4.74 Å². The van der Waals surface area contributed by atoms with Crippen LogP contribution >= 0.6 is 0 Å². The average Bonchev–Trinajstić information content (AvgIpc) is 2.45. The summed E-state index contributed by atoms with van der Waals surface area (Å²) in [6.07, 6.45) is 1.79. The summed E-state index contributed by atoms with van der Waals surface area (Å²) in [4.78, 5) is 13.2. The van der Waals surface area contributed by atoms with Crippen molar-refractivity contribution in [2.45, 2.75) is 27.4 Å². The second-order valence-electron chi connectivity index (χ2n) is 4.41. The van der Waals surface area contributed by atoms with Gasteiger partial charge >= 0.3 is 0 Å². The zero-order valence-electron chi connectivity index (χ0n) is 12.2. The predicted molar refractivity (Wildman–Crippen MR) is 79.5 cm³/mol. The molecule has 0 amide bonds. The van der Waals surface area contributed by atoms with Gasteiger partial charge in [0.1, 0.15) is 12.4 Å². The predicted octanol–water partition coefficient (Wildman–Crippen LogP) is 2.82. The molecule has 0 radical (unpaired) electrons. The maximum Gasteiger partial charge on any atom is 0.157 e. The third-order valence-electron chi connectivity index (χ3n) is 2.76. The molecule has 0 unspecified atom stereocenters. The number of rotatable bonds is 6. The number of hydrogen-bond acceptors (Lipinski definition) is 5. The number of nitrogens with one attached hydrogen (secondary N) is 1. The van der Waals surface area contributed by atoms with E-state index >= 15 is 0 Å². The van der Waals surface area contributed by atoms with Crippen LogP contribution in [0.5, 0.6) is 0 Å². The number of nitrogens with zero attached hydrogens (tertiary/aromatic N) is 3. The van der Waals surface area contributed by atoms with E-state index in [4.69, 9.17) is 4.74 Å². The lowest BCUT2D eigenvalue weighted by Crippen LogP contribution is -2.06. The lowest BCUT2D eigenvalue weighted by Gasteiger charge is -2.09. The van der Waals surface area contributed by atoms with Crippen LogP contribution in [0.2, 0.25) is 0 Å². The Labute approximate surface area is 119 Å². The highest BCUT2D eigenvalue weighted by atomic mass is 16.5. The van der Waals surface area contributed by atoms with Crippen LogP contribution in [0.1, 0.15) is 25.4 Å². The number of aryl methyl sites for hydroxylation is 1. The highest BCUT2D eigenvalue weighted by Gasteiger charge is 2.07. The molecule has 0 aliphatic carbocycles. The summed E-state index contributed by atoms with van der Waals surface area (Å²) < 4.78 is 5.40. The molecule has 0 fully saturated rings. The molecule has 0 saturated carbocycles. The van der Waals surface area contributed by atoms with E-state index in [2.05, 4.69) is 20.3 Å². The Morgan fingerprint density at radius 3 is 2.75 bits per heavy atom. The van der Waals surface area contributed by atoms with E-state index in [1.165, 1.54) is 0 Å². The Kier molecular flexibility index (Phi) is 5.01. The second kappa shape index (κ2) is 6.96. The Balaban J connectivity index is 2.37. The van der Waals surface area contributed by atoms with Gasteiger partial charge in [-0.1, -0.05) is 0 Å². The number of anilines is 1. The van der Waals surface area contributed by atoms with E-state index in [-0.39, 0.29) is 0 Å². The first-order valence-electron chi connectivity index (χ1n) is 6.85. The molecule has 1 N–H and O–H groups in total. The van der Waals surface area contributed by atoms with Gasteiger partial charge in [0.2, 0.25) is 0 Å². The molecule has 0 aliphatic rings. The summed E-state index contributed by atoms with van der Waals surface area (Å²) in [6.45, 7) is 7.87. The summed E-state index contributed by atoms with van der Waals surface area (Å²) in [5.74, 6) is 1.51. The maximum atomic E-state index is 5.40. The standard InChI is InChI=1S/C15H20N4O/c1-4-16-14-9-13(12-6-7-17-11(3)8-12)18-15(19-14)10-20-5-2/h6-9H,4-5,10H2,1-3H3,(H,16,18,19). The second-order valence-corrected chi connectivity index (χ2v) is 4.41.